The lowest BCUT2D eigenvalue weighted by molar-refractivity contribution is 0.228. The molecule has 3 N–H and O–H groups in total. The molecule has 1 aromatic carbocycles. The van der Waals surface area contributed by atoms with Gasteiger partial charge in [-0.05, 0) is 37.1 Å². The van der Waals surface area contributed by atoms with E-state index in [0.717, 1.165) is 37.3 Å². The summed E-state index contributed by atoms with van der Waals surface area (Å²) in [6.45, 7) is 2.29. The van der Waals surface area contributed by atoms with E-state index in [1.54, 1.807) is 18.5 Å². The van der Waals surface area contributed by atoms with Crippen LogP contribution in [0.15, 0.2) is 30.6 Å². The predicted molar refractivity (Wildman–Crippen MR) is 92.9 cm³/mol. The summed E-state index contributed by atoms with van der Waals surface area (Å²) in [6, 6.07) is 6.10. The molecule has 7 nitrogen and oxygen atoms in total. The van der Waals surface area contributed by atoms with Gasteiger partial charge in [-0.15, -0.1) is 0 Å². The molecule has 4 rings (SSSR count). The number of nitrogens with zero attached hydrogens (tertiary/aromatic N) is 4. The molecule has 1 saturated heterocycles. The van der Waals surface area contributed by atoms with E-state index in [0.29, 0.717) is 23.9 Å². The molecule has 1 unspecified atom stereocenters. The fourth-order valence-corrected chi connectivity index (χ4v) is 3.20. The monoisotopic (exact) mass is 342 g/mol. The maximum atomic E-state index is 13.0. The molecule has 8 heteroatoms. The van der Waals surface area contributed by atoms with E-state index in [4.69, 9.17) is 10.5 Å². The van der Waals surface area contributed by atoms with E-state index in [9.17, 15) is 4.39 Å². The van der Waals surface area contributed by atoms with Crippen LogP contribution in [-0.4, -0.2) is 39.6 Å². The van der Waals surface area contributed by atoms with Crippen molar-refractivity contribution in [1.29, 1.82) is 0 Å². The van der Waals surface area contributed by atoms with Crippen LogP contribution in [0.1, 0.15) is 12.8 Å². The van der Waals surface area contributed by atoms with Crippen LogP contribution in [0.2, 0.25) is 0 Å². The fourth-order valence-electron chi connectivity index (χ4n) is 3.20. The SMILES string of the molecule is Nc1nc(N2CCCC(COc3ccc(F)cc3)C2)c2[nH]cnc2n1. The van der Waals surface area contributed by atoms with Crippen molar-refractivity contribution in [3.8, 4) is 5.75 Å². The summed E-state index contributed by atoms with van der Waals surface area (Å²) in [7, 11) is 0. The second-order valence-electron chi connectivity index (χ2n) is 6.23. The summed E-state index contributed by atoms with van der Waals surface area (Å²) in [5.74, 6) is 1.78. The Balaban J connectivity index is 1.47. The molecular formula is C17H19FN6O. The van der Waals surface area contributed by atoms with Crippen LogP contribution in [0.4, 0.5) is 16.2 Å². The highest BCUT2D eigenvalue weighted by molar-refractivity contribution is 5.84. The van der Waals surface area contributed by atoms with Crippen molar-refractivity contribution in [3.05, 3.63) is 36.4 Å². The minimum atomic E-state index is -0.263. The van der Waals surface area contributed by atoms with Crippen molar-refractivity contribution in [1.82, 2.24) is 19.9 Å². The first kappa shape index (κ1) is 15.6. The third-order valence-corrected chi connectivity index (χ3v) is 4.40. The number of piperidine rings is 1. The number of imidazole rings is 1. The van der Waals surface area contributed by atoms with Gasteiger partial charge in [0.05, 0.1) is 12.9 Å². The highest BCUT2D eigenvalue weighted by Gasteiger charge is 2.24. The van der Waals surface area contributed by atoms with Gasteiger partial charge in [0.15, 0.2) is 11.5 Å². The number of halogens is 1. The molecule has 1 fully saturated rings. The molecule has 1 aliphatic rings. The largest absolute Gasteiger partial charge is 0.493 e. The number of hydrogen-bond donors (Lipinski definition) is 2. The number of aromatic amines is 1. The molecule has 130 valence electrons. The van der Waals surface area contributed by atoms with E-state index in [1.807, 2.05) is 0 Å². The van der Waals surface area contributed by atoms with Crippen molar-refractivity contribution < 1.29 is 9.13 Å². The standard InChI is InChI=1S/C17H19FN6O/c18-12-3-5-13(6-4-12)25-9-11-2-1-7-24(8-11)16-14-15(21-10-20-14)22-17(19)23-16/h3-6,10-11H,1-2,7-9H2,(H3,19,20,21,22,23). The number of rotatable bonds is 4. The Morgan fingerprint density at radius 3 is 2.96 bits per heavy atom. The first-order valence-corrected chi connectivity index (χ1v) is 8.29. The van der Waals surface area contributed by atoms with Crippen LogP contribution in [0.5, 0.6) is 5.75 Å². The van der Waals surface area contributed by atoms with Crippen LogP contribution in [0.25, 0.3) is 11.2 Å². The van der Waals surface area contributed by atoms with Gasteiger partial charge in [-0.2, -0.15) is 9.97 Å². The van der Waals surface area contributed by atoms with Gasteiger partial charge in [0.1, 0.15) is 17.1 Å². The number of nitrogen functional groups attached to an aromatic ring is 1. The summed E-state index contributed by atoms with van der Waals surface area (Å²) in [5.41, 5.74) is 7.19. The Kier molecular flexibility index (Phi) is 4.09. The first-order valence-electron chi connectivity index (χ1n) is 8.29. The third kappa shape index (κ3) is 3.33. The number of anilines is 2. The average molecular weight is 342 g/mol. The zero-order valence-corrected chi connectivity index (χ0v) is 13.7. The number of ether oxygens (including phenoxy) is 1. The van der Waals surface area contributed by atoms with Crippen molar-refractivity contribution in [3.63, 3.8) is 0 Å². The molecule has 0 bridgehead atoms. The Morgan fingerprint density at radius 2 is 2.12 bits per heavy atom. The first-order chi connectivity index (χ1) is 12.2. The second-order valence-corrected chi connectivity index (χ2v) is 6.23. The molecule has 3 aromatic rings. The summed E-state index contributed by atoms with van der Waals surface area (Å²) in [6.07, 6.45) is 3.71. The molecule has 25 heavy (non-hydrogen) atoms. The third-order valence-electron chi connectivity index (χ3n) is 4.40. The van der Waals surface area contributed by atoms with Gasteiger partial charge in [-0.25, -0.2) is 9.37 Å². The van der Waals surface area contributed by atoms with Crippen LogP contribution in [0, 0.1) is 11.7 Å². The summed E-state index contributed by atoms with van der Waals surface area (Å²) < 4.78 is 18.8. The predicted octanol–water partition coefficient (Wildman–Crippen LogP) is 2.37. The summed E-state index contributed by atoms with van der Waals surface area (Å²) >= 11 is 0. The molecule has 3 heterocycles. The van der Waals surface area contributed by atoms with E-state index in [-0.39, 0.29) is 11.8 Å². The lowest BCUT2D eigenvalue weighted by Crippen LogP contribution is -2.38. The Morgan fingerprint density at radius 1 is 1.28 bits per heavy atom. The molecule has 0 aliphatic carbocycles. The molecule has 0 spiro atoms. The molecule has 1 aliphatic heterocycles. The summed E-state index contributed by atoms with van der Waals surface area (Å²) in [4.78, 5) is 18.0. The molecular weight excluding hydrogens is 323 g/mol. The van der Waals surface area contributed by atoms with Crippen molar-refractivity contribution >= 4 is 22.9 Å². The average Bonchev–Trinajstić information content (AvgIpc) is 3.09. The van der Waals surface area contributed by atoms with Gasteiger partial charge in [0, 0.05) is 19.0 Å². The topological polar surface area (TPSA) is 92.9 Å². The zero-order valence-electron chi connectivity index (χ0n) is 13.7. The molecule has 0 saturated carbocycles. The maximum absolute atomic E-state index is 13.0. The lowest BCUT2D eigenvalue weighted by atomic mass is 9.99. The maximum Gasteiger partial charge on any atom is 0.224 e. The Hall–Kier alpha value is -2.90. The van der Waals surface area contributed by atoms with Crippen LogP contribution in [-0.2, 0) is 0 Å². The quantitative estimate of drug-likeness (QED) is 0.756. The van der Waals surface area contributed by atoms with Crippen LogP contribution in [0.3, 0.4) is 0 Å². The highest BCUT2D eigenvalue weighted by Crippen LogP contribution is 2.27. The fraction of sp³-hybridized carbons (Fsp3) is 0.353. The van der Waals surface area contributed by atoms with Crippen molar-refractivity contribution in [2.45, 2.75) is 12.8 Å². The van der Waals surface area contributed by atoms with Gasteiger partial charge in [-0.1, -0.05) is 0 Å². The van der Waals surface area contributed by atoms with Crippen molar-refractivity contribution in [2.24, 2.45) is 5.92 Å². The number of fused-ring (bicyclic) bond motifs is 1. The lowest BCUT2D eigenvalue weighted by Gasteiger charge is -2.33. The smallest absolute Gasteiger partial charge is 0.224 e. The normalized spacial score (nSPS) is 17.8. The number of nitrogens with two attached hydrogens (primary N) is 1. The molecule has 1 atom stereocenters. The Bertz CT molecular complexity index is 865. The van der Waals surface area contributed by atoms with Gasteiger partial charge in [0.25, 0.3) is 0 Å². The van der Waals surface area contributed by atoms with E-state index < -0.39 is 0 Å². The number of aromatic nitrogens is 4. The van der Waals surface area contributed by atoms with Crippen LogP contribution >= 0.6 is 0 Å². The molecule has 0 amide bonds. The van der Waals surface area contributed by atoms with Gasteiger partial charge < -0.3 is 20.4 Å². The van der Waals surface area contributed by atoms with Gasteiger partial charge >= 0.3 is 0 Å². The van der Waals surface area contributed by atoms with Crippen molar-refractivity contribution in [2.75, 3.05) is 30.3 Å². The van der Waals surface area contributed by atoms with Gasteiger partial charge in [0.2, 0.25) is 5.95 Å². The number of hydrogen-bond acceptors (Lipinski definition) is 6. The molecule has 0 radical (unpaired) electrons. The number of nitrogens with one attached hydrogen (secondary N) is 1. The number of benzene rings is 1. The van der Waals surface area contributed by atoms with Crippen LogP contribution < -0.4 is 15.4 Å². The minimum Gasteiger partial charge on any atom is -0.493 e. The van der Waals surface area contributed by atoms with E-state index >= 15 is 0 Å². The minimum absolute atomic E-state index is 0.222. The van der Waals surface area contributed by atoms with Gasteiger partial charge in [-0.3, -0.25) is 0 Å². The molecule has 2 aromatic heterocycles. The Labute approximate surface area is 144 Å². The highest BCUT2D eigenvalue weighted by atomic mass is 19.1. The summed E-state index contributed by atoms with van der Waals surface area (Å²) in [5, 5.41) is 0. The van der Waals surface area contributed by atoms with E-state index in [2.05, 4.69) is 24.8 Å². The zero-order chi connectivity index (χ0) is 17.2. The van der Waals surface area contributed by atoms with E-state index in [1.165, 1.54) is 12.1 Å². The second kappa shape index (κ2) is 6.54. The number of H-pyrrole nitrogens is 1.